The number of carbonyl (C=O) groups is 1. The Labute approximate surface area is 139 Å². The molecule has 0 bridgehead atoms. The lowest BCUT2D eigenvalue weighted by Crippen LogP contribution is -2.33. The number of carbonyl (C=O) groups excluding carboxylic acids is 1. The number of hydrogen-bond acceptors (Lipinski definition) is 6. The van der Waals surface area contributed by atoms with Gasteiger partial charge in [-0.2, -0.15) is 4.98 Å². The molecule has 0 aliphatic carbocycles. The molecule has 1 aromatic heterocycles. The first-order chi connectivity index (χ1) is 11.1. The Morgan fingerprint density at radius 2 is 2.04 bits per heavy atom. The fraction of sp³-hybridized carbons (Fsp3) is 0.588. The second-order valence-corrected chi connectivity index (χ2v) is 5.42. The van der Waals surface area contributed by atoms with Crippen molar-refractivity contribution in [2.75, 3.05) is 29.4 Å². The second-order valence-electron chi connectivity index (χ2n) is 5.42. The molecular formula is C17H28N5O. The first-order valence-corrected chi connectivity index (χ1v) is 8.22. The van der Waals surface area contributed by atoms with Crippen molar-refractivity contribution in [1.29, 1.82) is 0 Å². The summed E-state index contributed by atoms with van der Waals surface area (Å²) in [6.45, 7) is 14.0. The van der Waals surface area contributed by atoms with E-state index in [4.69, 9.17) is 0 Å². The van der Waals surface area contributed by atoms with E-state index in [1.165, 1.54) is 0 Å². The Hall–Kier alpha value is -1.98. The normalized spacial score (nSPS) is 11.2. The fourth-order valence-corrected chi connectivity index (χ4v) is 2.22. The Kier molecular flexibility index (Phi) is 8.22. The van der Waals surface area contributed by atoms with Crippen LogP contribution in [-0.4, -0.2) is 48.1 Å². The Morgan fingerprint density at radius 3 is 2.57 bits per heavy atom. The highest BCUT2D eigenvalue weighted by atomic mass is 16.1. The molecule has 0 N–H and O–H groups in total. The van der Waals surface area contributed by atoms with Crippen molar-refractivity contribution in [3.8, 4) is 0 Å². The number of nitrogens with zero attached hydrogens (tertiary/aromatic N) is 5. The average molecular weight is 318 g/mol. The number of aliphatic imine (C=N–C) groups is 1. The molecule has 1 aromatic rings. The zero-order valence-electron chi connectivity index (χ0n) is 14.7. The van der Waals surface area contributed by atoms with Gasteiger partial charge in [0, 0.05) is 25.3 Å². The summed E-state index contributed by atoms with van der Waals surface area (Å²) < 4.78 is 0. The van der Waals surface area contributed by atoms with Gasteiger partial charge in [0.1, 0.15) is 12.0 Å². The topological polar surface area (TPSA) is 61.7 Å². The number of anilines is 2. The van der Waals surface area contributed by atoms with E-state index in [-0.39, 0.29) is 6.04 Å². The maximum Gasteiger partial charge on any atom is 0.227 e. The molecule has 0 aromatic carbocycles. The quantitative estimate of drug-likeness (QED) is 0.490. The van der Waals surface area contributed by atoms with E-state index in [0.29, 0.717) is 18.3 Å². The molecule has 127 valence electrons. The van der Waals surface area contributed by atoms with Crippen molar-refractivity contribution in [2.24, 2.45) is 4.99 Å². The van der Waals surface area contributed by atoms with Crippen LogP contribution in [0.15, 0.2) is 11.2 Å². The third kappa shape index (κ3) is 5.30. The minimum atomic E-state index is 0.157. The van der Waals surface area contributed by atoms with Crippen LogP contribution < -0.4 is 9.80 Å². The van der Waals surface area contributed by atoms with Crippen molar-refractivity contribution < 1.29 is 4.79 Å². The van der Waals surface area contributed by atoms with Crippen LogP contribution in [0.25, 0.3) is 0 Å². The van der Waals surface area contributed by atoms with Gasteiger partial charge in [-0.1, -0.05) is 6.92 Å². The predicted molar refractivity (Wildman–Crippen MR) is 96.9 cm³/mol. The van der Waals surface area contributed by atoms with E-state index in [9.17, 15) is 4.79 Å². The molecule has 0 unspecified atom stereocenters. The predicted octanol–water partition coefficient (Wildman–Crippen LogP) is 3.05. The van der Waals surface area contributed by atoms with Crippen LogP contribution in [-0.2, 0) is 4.79 Å². The van der Waals surface area contributed by atoms with Crippen LogP contribution in [0, 0.1) is 6.92 Å². The van der Waals surface area contributed by atoms with Crippen molar-refractivity contribution in [2.45, 2.75) is 46.6 Å². The zero-order chi connectivity index (χ0) is 17.2. The molecule has 0 saturated carbocycles. The monoisotopic (exact) mass is 318 g/mol. The summed E-state index contributed by atoms with van der Waals surface area (Å²) in [5.41, 5.74) is 0.781. The van der Waals surface area contributed by atoms with Gasteiger partial charge in [0.05, 0.1) is 12.7 Å². The molecule has 1 rings (SSSR count). The summed E-state index contributed by atoms with van der Waals surface area (Å²) in [7, 11) is 0. The molecule has 23 heavy (non-hydrogen) atoms. The van der Waals surface area contributed by atoms with Gasteiger partial charge in [-0.15, -0.1) is 0 Å². The van der Waals surface area contributed by atoms with Crippen molar-refractivity contribution >= 4 is 30.0 Å². The van der Waals surface area contributed by atoms with Crippen LogP contribution in [0.1, 0.15) is 40.5 Å². The molecular weight excluding hydrogens is 290 g/mol. The van der Waals surface area contributed by atoms with E-state index >= 15 is 0 Å². The third-order valence-corrected chi connectivity index (χ3v) is 3.53. The molecule has 6 heteroatoms. The van der Waals surface area contributed by atoms with Gasteiger partial charge < -0.3 is 14.6 Å². The zero-order valence-corrected chi connectivity index (χ0v) is 14.7. The van der Waals surface area contributed by atoms with E-state index in [2.05, 4.69) is 40.6 Å². The van der Waals surface area contributed by atoms with Gasteiger partial charge in [0.25, 0.3) is 0 Å². The van der Waals surface area contributed by atoms with Gasteiger partial charge in [-0.05, 0) is 40.5 Å². The van der Waals surface area contributed by atoms with Crippen molar-refractivity contribution in [3.63, 3.8) is 0 Å². The molecule has 0 spiro atoms. The van der Waals surface area contributed by atoms with Gasteiger partial charge in [0.15, 0.2) is 5.82 Å². The van der Waals surface area contributed by atoms with Crippen LogP contribution in [0.3, 0.4) is 0 Å². The van der Waals surface area contributed by atoms with Crippen molar-refractivity contribution in [1.82, 2.24) is 9.97 Å². The van der Waals surface area contributed by atoms with Gasteiger partial charge in [-0.25, -0.2) is 9.98 Å². The molecule has 0 aliphatic rings. The van der Waals surface area contributed by atoms with Crippen molar-refractivity contribution in [3.05, 3.63) is 13.1 Å². The van der Waals surface area contributed by atoms with Crippen LogP contribution >= 0.6 is 0 Å². The van der Waals surface area contributed by atoms with Crippen LogP contribution in [0.5, 0.6) is 0 Å². The number of aldehydes is 1. The first-order valence-electron chi connectivity index (χ1n) is 8.22. The number of unbranched alkanes of at least 4 members (excludes halogenated alkanes) is 1. The molecule has 0 atom stereocenters. The molecule has 6 nitrogen and oxygen atoms in total. The number of rotatable bonds is 10. The lowest BCUT2D eigenvalue weighted by molar-refractivity contribution is -0.106. The standard InChI is InChI=1S/C17H28N5O/c1-6-9-10-18-16-15(22(11-12-23)14(4)5)13-19-17(20-16)21(7-2)8-3/h10,12-14H,1,6-9,11H2,2-5H3. The highest BCUT2D eigenvalue weighted by Gasteiger charge is 2.17. The lowest BCUT2D eigenvalue weighted by atomic mass is 10.2. The van der Waals surface area contributed by atoms with Gasteiger partial charge in [-0.3, -0.25) is 0 Å². The molecule has 0 fully saturated rings. The van der Waals surface area contributed by atoms with Gasteiger partial charge in [0.2, 0.25) is 5.95 Å². The summed E-state index contributed by atoms with van der Waals surface area (Å²) >= 11 is 0. The summed E-state index contributed by atoms with van der Waals surface area (Å²) in [6, 6.07) is 0.157. The molecule has 1 radical (unpaired) electrons. The number of aromatic nitrogens is 2. The van der Waals surface area contributed by atoms with Crippen LogP contribution in [0.4, 0.5) is 17.5 Å². The van der Waals surface area contributed by atoms with Crippen LogP contribution in [0.2, 0.25) is 0 Å². The number of hydrogen-bond donors (Lipinski definition) is 0. The maximum atomic E-state index is 11.0. The van der Waals surface area contributed by atoms with Gasteiger partial charge >= 0.3 is 0 Å². The summed E-state index contributed by atoms with van der Waals surface area (Å²) in [6.07, 6.45) is 6.06. The minimum Gasteiger partial charge on any atom is -0.358 e. The minimum absolute atomic E-state index is 0.157. The largest absolute Gasteiger partial charge is 0.358 e. The Balaban J connectivity index is 3.29. The Bertz CT molecular complexity index is 512. The average Bonchev–Trinajstić information content (AvgIpc) is 2.54. The molecule has 0 amide bonds. The lowest BCUT2D eigenvalue weighted by Gasteiger charge is -2.28. The Morgan fingerprint density at radius 1 is 1.35 bits per heavy atom. The third-order valence-electron chi connectivity index (χ3n) is 3.53. The highest BCUT2D eigenvalue weighted by Crippen LogP contribution is 2.29. The molecule has 0 aliphatic heterocycles. The van der Waals surface area contributed by atoms with E-state index < -0.39 is 0 Å². The SMILES string of the molecule is [CH2]CCC=Nc1nc(N(CC)CC)ncc1N(CC=O)C(C)C. The highest BCUT2D eigenvalue weighted by molar-refractivity contribution is 5.73. The molecule has 1 heterocycles. The van der Waals surface area contributed by atoms with E-state index in [1.54, 1.807) is 6.20 Å². The maximum absolute atomic E-state index is 11.0. The summed E-state index contributed by atoms with van der Waals surface area (Å²) in [5, 5.41) is 0. The van der Waals surface area contributed by atoms with E-state index in [1.807, 2.05) is 25.0 Å². The molecule has 0 saturated heterocycles. The smallest absolute Gasteiger partial charge is 0.227 e. The summed E-state index contributed by atoms with van der Waals surface area (Å²) in [5.74, 6) is 1.27. The van der Waals surface area contributed by atoms with E-state index in [0.717, 1.165) is 37.9 Å². The first kappa shape index (κ1) is 19.1. The fourth-order valence-electron chi connectivity index (χ4n) is 2.22. The summed E-state index contributed by atoms with van der Waals surface area (Å²) in [4.78, 5) is 28.6. The second kappa shape index (κ2) is 9.92.